The van der Waals surface area contributed by atoms with E-state index in [0.717, 1.165) is 24.2 Å². The van der Waals surface area contributed by atoms with Crippen LogP contribution in [0.2, 0.25) is 0 Å². The normalized spacial score (nSPS) is 16.9. The fourth-order valence-corrected chi connectivity index (χ4v) is 2.47. The van der Waals surface area contributed by atoms with Crippen LogP contribution in [0.15, 0.2) is 23.0 Å². The van der Waals surface area contributed by atoms with Crippen LogP contribution in [0.25, 0.3) is 11.5 Å². The minimum atomic E-state index is 0.444. The molecule has 0 spiro atoms. The second-order valence-electron chi connectivity index (χ2n) is 4.76. The average molecular weight is 244 g/mol. The van der Waals surface area contributed by atoms with E-state index in [9.17, 15) is 0 Å². The zero-order chi connectivity index (χ0) is 12.4. The van der Waals surface area contributed by atoms with Crippen molar-refractivity contribution in [1.29, 1.82) is 0 Å². The van der Waals surface area contributed by atoms with Crippen LogP contribution in [0.4, 0.5) is 5.69 Å². The van der Waals surface area contributed by atoms with Gasteiger partial charge in [-0.15, -0.1) is 0 Å². The van der Waals surface area contributed by atoms with Gasteiger partial charge in [-0.25, -0.2) is 0 Å². The second kappa shape index (κ2) is 4.76. The molecule has 5 heteroatoms. The number of nitrogen functional groups attached to an aromatic ring is 1. The van der Waals surface area contributed by atoms with E-state index in [2.05, 4.69) is 15.1 Å². The summed E-state index contributed by atoms with van der Waals surface area (Å²) in [5, 5.41) is 4.10. The lowest BCUT2D eigenvalue weighted by molar-refractivity contribution is 0.385. The molecule has 0 unspecified atom stereocenters. The van der Waals surface area contributed by atoms with E-state index in [1.54, 1.807) is 18.5 Å². The minimum Gasteiger partial charge on any atom is -0.397 e. The highest BCUT2D eigenvalue weighted by Gasteiger charge is 2.21. The topological polar surface area (TPSA) is 77.8 Å². The zero-order valence-electron chi connectivity index (χ0n) is 10.2. The fraction of sp³-hybridized carbons (Fsp3) is 0.462. The lowest BCUT2D eigenvalue weighted by Gasteiger charge is -2.17. The Morgan fingerprint density at radius 1 is 1.22 bits per heavy atom. The van der Waals surface area contributed by atoms with Crippen molar-refractivity contribution in [2.45, 2.75) is 38.0 Å². The molecule has 94 valence electrons. The van der Waals surface area contributed by atoms with Crippen LogP contribution in [0.3, 0.4) is 0 Å². The molecule has 0 aliphatic heterocycles. The summed E-state index contributed by atoms with van der Waals surface area (Å²) >= 11 is 0. The maximum atomic E-state index is 5.85. The first kappa shape index (κ1) is 11.2. The number of nitrogens with zero attached hydrogens (tertiary/aromatic N) is 3. The molecule has 5 nitrogen and oxygen atoms in total. The maximum Gasteiger partial charge on any atom is 0.260 e. The van der Waals surface area contributed by atoms with Crippen molar-refractivity contribution >= 4 is 5.69 Å². The average Bonchev–Trinajstić information content (AvgIpc) is 2.90. The number of aromatic nitrogens is 3. The second-order valence-corrected chi connectivity index (χ2v) is 4.76. The van der Waals surface area contributed by atoms with Gasteiger partial charge in [-0.2, -0.15) is 4.98 Å². The first-order valence-corrected chi connectivity index (χ1v) is 6.38. The van der Waals surface area contributed by atoms with Crippen molar-refractivity contribution in [3.8, 4) is 11.5 Å². The predicted octanol–water partition coefficient (Wildman–Crippen LogP) is 2.76. The van der Waals surface area contributed by atoms with Crippen LogP contribution in [0, 0.1) is 0 Å². The summed E-state index contributed by atoms with van der Waals surface area (Å²) in [6.07, 6.45) is 9.42. The van der Waals surface area contributed by atoms with E-state index in [4.69, 9.17) is 10.3 Å². The van der Waals surface area contributed by atoms with Crippen molar-refractivity contribution < 1.29 is 4.52 Å². The Morgan fingerprint density at radius 3 is 2.83 bits per heavy atom. The van der Waals surface area contributed by atoms with Gasteiger partial charge in [0.05, 0.1) is 17.4 Å². The Kier molecular flexibility index (Phi) is 2.96. The molecule has 1 aliphatic rings. The van der Waals surface area contributed by atoms with Crippen molar-refractivity contribution in [3.05, 3.63) is 24.3 Å². The van der Waals surface area contributed by atoms with Crippen LogP contribution in [0.5, 0.6) is 0 Å². The predicted molar refractivity (Wildman–Crippen MR) is 67.8 cm³/mol. The van der Waals surface area contributed by atoms with E-state index in [-0.39, 0.29) is 0 Å². The third kappa shape index (κ3) is 2.08. The number of nitrogens with two attached hydrogens (primary N) is 1. The standard InChI is InChI=1S/C13H16N4O/c14-11-8-15-7-6-10(11)13-16-12(17-18-13)9-4-2-1-3-5-9/h6-9H,1-5,14H2. The highest BCUT2D eigenvalue weighted by molar-refractivity contribution is 5.68. The number of rotatable bonds is 2. The Hall–Kier alpha value is -1.91. The summed E-state index contributed by atoms with van der Waals surface area (Å²) in [5.74, 6) is 1.76. The Bertz CT molecular complexity index is 531. The lowest BCUT2D eigenvalue weighted by atomic mass is 9.89. The molecule has 0 amide bonds. The van der Waals surface area contributed by atoms with E-state index >= 15 is 0 Å². The van der Waals surface area contributed by atoms with Gasteiger partial charge in [0.1, 0.15) is 0 Å². The molecule has 18 heavy (non-hydrogen) atoms. The van der Waals surface area contributed by atoms with Crippen molar-refractivity contribution in [2.24, 2.45) is 0 Å². The Balaban J connectivity index is 1.87. The zero-order valence-corrected chi connectivity index (χ0v) is 10.2. The summed E-state index contributed by atoms with van der Waals surface area (Å²) < 4.78 is 5.32. The van der Waals surface area contributed by atoms with Crippen molar-refractivity contribution in [1.82, 2.24) is 15.1 Å². The summed E-state index contributed by atoms with van der Waals surface area (Å²) in [4.78, 5) is 8.43. The number of anilines is 1. The summed E-state index contributed by atoms with van der Waals surface area (Å²) in [6, 6.07) is 1.80. The minimum absolute atomic E-state index is 0.444. The molecule has 3 rings (SSSR count). The van der Waals surface area contributed by atoms with Gasteiger partial charge < -0.3 is 10.3 Å². The van der Waals surface area contributed by atoms with E-state index < -0.39 is 0 Å². The largest absolute Gasteiger partial charge is 0.397 e. The van der Waals surface area contributed by atoms with Crippen LogP contribution in [-0.4, -0.2) is 15.1 Å². The molecule has 0 radical (unpaired) electrons. The molecule has 1 aliphatic carbocycles. The van der Waals surface area contributed by atoms with Gasteiger partial charge in [-0.3, -0.25) is 4.98 Å². The molecule has 0 saturated heterocycles. The van der Waals surface area contributed by atoms with Crippen LogP contribution >= 0.6 is 0 Å². The quantitative estimate of drug-likeness (QED) is 0.878. The van der Waals surface area contributed by atoms with Gasteiger partial charge >= 0.3 is 0 Å². The molecule has 2 N–H and O–H groups in total. The summed E-state index contributed by atoms with van der Waals surface area (Å²) in [6.45, 7) is 0. The van der Waals surface area contributed by atoms with Gasteiger partial charge in [0, 0.05) is 12.1 Å². The van der Waals surface area contributed by atoms with Crippen LogP contribution in [-0.2, 0) is 0 Å². The first-order valence-electron chi connectivity index (χ1n) is 6.38. The van der Waals surface area contributed by atoms with E-state index in [1.807, 2.05) is 0 Å². The molecule has 0 bridgehead atoms. The monoisotopic (exact) mass is 244 g/mol. The molecule has 0 atom stereocenters. The molecule has 1 saturated carbocycles. The van der Waals surface area contributed by atoms with Crippen LogP contribution < -0.4 is 5.73 Å². The summed E-state index contributed by atoms with van der Waals surface area (Å²) in [5.41, 5.74) is 7.18. The van der Waals surface area contributed by atoms with Gasteiger partial charge in [0.15, 0.2) is 5.82 Å². The molecule has 1 fully saturated rings. The number of hydrogen-bond donors (Lipinski definition) is 1. The fourth-order valence-electron chi connectivity index (χ4n) is 2.47. The molecule has 2 aromatic heterocycles. The summed E-state index contributed by atoms with van der Waals surface area (Å²) in [7, 11) is 0. The number of hydrogen-bond acceptors (Lipinski definition) is 5. The molecular weight excluding hydrogens is 228 g/mol. The third-order valence-corrected chi connectivity index (χ3v) is 3.49. The van der Waals surface area contributed by atoms with Gasteiger partial charge in [0.2, 0.25) is 0 Å². The van der Waals surface area contributed by atoms with Gasteiger partial charge in [-0.05, 0) is 18.9 Å². The van der Waals surface area contributed by atoms with Gasteiger partial charge in [0.25, 0.3) is 5.89 Å². The smallest absolute Gasteiger partial charge is 0.260 e. The third-order valence-electron chi connectivity index (χ3n) is 3.49. The lowest BCUT2D eigenvalue weighted by Crippen LogP contribution is -2.06. The molecule has 2 aromatic rings. The van der Waals surface area contributed by atoms with E-state index in [1.165, 1.54) is 19.3 Å². The van der Waals surface area contributed by atoms with Crippen molar-refractivity contribution in [3.63, 3.8) is 0 Å². The van der Waals surface area contributed by atoms with Gasteiger partial charge in [-0.1, -0.05) is 24.4 Å². The maximum absolute atomic E-state index is 5.85. The molecule has 0 aromatic carbocycles. The SMILES string of the molecule is Nc1cnccc1-c1nc(C2CCCCC2)no1. The highest BCUT2D eigenvalue weighted by Crippen LogP contribution is 2.32. The Labute approximate surface area is 105 Å². The first-order chi connectivity index (χ1) is 8.84. The molecule has 2 heterocycles. The highest BCUT2D eigenvalue weighted by atomic mass is 16.5. The van der Waals surface area contributed by atoms with Crippen molar-refractivity contribution in [2.75, 3.05) is 5.73 Å². The number of pyridine rings is 1. The Morgan fingerprint density at radius 2 is 2.06 bits per heavy atom. The van der Waals surface area contributed by atoms with E-state index in [0.29, 0.717) is 17.5 Å². The molecular formula is C13H16N4O. The van der Waals surface area contributed by atoms with Crippen LogP contribution in [0.1, 0.15) is 43.8 Å².